The number of benzene rings is 1. The van der Waals surface area contributed by atoms with Crippen LogP contribution in [0.25, 0.3) is 0 Å². The molecule has 0 aliphatic heterocycles. The van der Waals surface area contributed by atoms with Crippen LogP contribution >= 0.6 is 11.6 Å². The molecule has 0 fully saturated rings. The zero-order valence-electron chi connectivity index (χ0n) is 14.4. The largest absolute Gasteiger partial charge is 0.356 e. The second-order valence-electron chi connectivity index (χ2n) is 5.40. The number of nitrogens with zero attached hydrogens (tertiary/aromatic N) is 2. The van der Waals surface area contributed by atoms with E-state index in [1.807, 2.05) is 6.07 Å². The van der Waals surface area contributed by atoms with Crippen LogP contribution in [-0.2, 0) is 6.42 Å². The Hall–Kier alpha value is -2.67. The summed E-state index contributed by atoms with van der Waals surface area (Å²) in [6.07, 6.45) is 2.51. The van der Waals surface area contributed by atoms with E-state index in [1.54, 1.807) is 31.4 Å². The summed E-state index contributed by atoms with van der Waals surface area (Å²) in [5.74, 6) is -0.359. The van der Waals surface area contributed by atoms with E-state index >= 15 is 0 Å². The zero-order chi connectivity index (χ0) is 18.8. The molecule has 3 N–H and O–H groups in total. The minimum Gasteiger partial charge on any atom is -0.356 e. The lowest BCUT2D eigenvalue weighted by atomic mass is 10.2. The van der Waals surface area contributed by atoms with Crippen LogP contribution in [0.5, 0.6) is 0 Å². The number of carbonyl (C=O) groups excluding carboxylic acids is 1. The number of rotatable bonds is 7. The Morgan fingerprint density at radius 2 is 1.85 bits per heavy atom. The fourth-order valence-corrected chi connectivity index (χ4v) is 2.31. The summed E-state index contributed by atoms with van der Waals surface area (Å²) in [6, 6.07) is 9.55. The van der Waals surface area contributed by atoms with Crippen LogP contribution in [0.2, 0.25) is 5.15 Å². The molecular formula is C18H21ClFN5O. The van der Waals surface area contributed by atoms with Gasteiger partial charge < -0.3 is 16.0 Å². The first kappa shape index (κ1) is 19.7. The predicted molar refractivity (Wildman–Crippen MR) is 101 cm³/mol. The highest BCUT2D eigenvalue weighted by Crippen LogP contribution is 2.06. The number of hydrogen-bond acceptors (Lipinski definition) is 3. The number of carbonyl (C=O) groups is 1. The normalized spacial score (nSPS) is 11.1. The Balaban J connectivity index is 1.66. The Labute approximate surface area is 156 Å². The third kappa shape index (κ3) is 6.33. The molecule has 0 unspecified atom stereocenters. The van der Waals surface area contributed by atoms with E-state index in [9.17, 15) is 9.18 Å². The molecule has 0 saturated carbocycles. The number of halogens is 2. The van der Waals surface area contributed by atoms with Gasteiger partial charge in [-0.15, -0.1) is 0 Å². The van der Waals surface area contributed by atoms with Crippen molar-refractivity contribution in [3.63, 3.8) is 0 Å². The second kappa shape index (κ2) is 10.4. The van der Waals surface area contributed by atoms with Gasteiger partial charge in [-0.25, -0.2) is 9.37 Å². The topological polar surface area (TPSA) is 78.4 Å². The molecule has 0 aliphatic rings. The first-order valence-corrected chi connectivity index (χ1v) is 8.55. The van der Waals surface area contributed by atoms with E-state index in [4.69, 9.17) is 11.6 Å². The van der Waals surface area contributed by atoms with E-state index in [-0.39, 0.29) is 5.56 Å². The number of aromatic nitrogens is 1. The molecule has 8 heteroatoms. The van der Waals surface area contributed by atoms with Gasteiger partial charge in [0.05, 0.1) is 5.56 Å². The van der Waals surface area contributed by atoms with Crippen molar-refractivity contribution < 1.29 is 9.18 Å². The lowest BCUT2D eigenvalue weighted by molar-refractivity contribution is 0.0950. The molecule has 0 spiro atoms. The van der Waals surface area contributed by atoms with E-state index in [2.05, 4.69) is 25.9 Å². The molecule has 1 amide bonds. The second-order valence-corrected chi connectivity index (χ2v) is 5.79. The van der Waals surface area contributed by atoms with Gasteiger partial charge in [0.15, 0.2) is 5.96 Å². The Bertz CT molecular complexity index is 752. The van der Waals surface area contributed by atoms with E-state index in [0.29, 0.717) is 30.7 Å². The molecule has 0 atom stereocenters. The van der Waals surface area contributed by atoms with Crippen LogP contribution in [-0.4, -0.2) is 43.5 Å². The number of amides is 1. The molecule has 6 nitrogen and oxygen atoms in total. The number of guanidine groups is 1. The maximum absolute atomic E-state index is 13.5. The van der Waals surface area contributed by atoms with Gasteiger partial charge in [-0.1, -0.05) is 29.8 Å². The predicted octanol–water partition coefficient (Wildman–Crippen LogP) is 2.01. The van der Waals surface area contributed by atoms with Gasteiger partial charge in [-0.3, -0.25) is 9.79 Å². The minimum absolute atomic E-state index is 0.0339. The molecule has 26 heavy (non-hydrogen) atoms. The summed E-state index contributed by atoms with van der Waals surface area (Å²) in [5, 5.41) is 9.38. The molecule has 0 radical (unpaired) electrons. The summed E-state index contributed by atoms with van der Waals surface area (Å²) in [7, 11) is 1.66. The SMILES string of the molecule is CN=C(NCCNC(=O)c1ccccc1F)NCCc1ccc(Cl)nc1. The third-order valence-corrected chi connectivity index (χ3v) is 3.76. The van der Waals surface area contributed by atoms with Crippen LogP contribution in [0.15, 0.2) is 47.6 Å². The number of hydrogen-bond donors (Lipinski definition) is 3. The molecule has 1 heterocycles. The Kier molecular flexibility index (Phi) is 7.82. The van der Waals surface area contributed by atoms with Gasteiger partial charge >= 0.3 is 0 Å². The molecule has 0 aliphatic carbocycles. The average molecular weight is 378 g/mol. The van der Waals surface area contributed by atoms with E-state index in [1.165, 1.54) is 12.1 Å². The fraction of sp³-hybridized carbons (Fsp3) is 0.278. The minimum atomic E-state index is -0.535. The number of aliphatic imine (C=N–C) groups is 1. The van der Waals surface area contributed by atoms with Crippen molar-refractivity contribution in [1.29, 1.82) is 0 Å². The van der Waals surface area contributed by atoms with Crippen LogP contribution in [0, 0.1) is 5.82 Å². The van der Waals surface area contributed by atoms with Crippen LogP contribution in [0.1, 0.15) is 15.9 Å². The molecule has 2 aromatic rings. The maximum Gasteiger partial charge on any atom is 0.254 e. The summed E-state index contributed by atoms with van der Waals surface area (Å²) >= 11 is 5.75. The van der Waals surface area contributed by atoms with Crippen molar-refractivity contribution in [2.24, 2.45) is 4.99 Å². The standard InChI is InChI=1S/C18H21ClFN5O/c1-21-18(23-9-8-13-6-7-16(19)25-12-13)24-11-10-22-17(26)14-4-2-3-5-15(14)20/h2-7,12H,8-11H2,1H3,(H,22,26)(H2,21,23,24). The fourth-order valence-electron chi connectivity index (χ4n) is 2.20. The van der Waals surface area contributed by atoms with Crippen molar-refractivity contribution in [2.75, 3.05) is 26.7 Å². The van der Waals surface area contributed by atoms with Crippen molar-refractivity contribution in [3.8, 4) is 0 Å². The summed E-state index contributed by atoms with van der Waals surface area (Å²) in [6.45, 7) is 1.47. The van der Waals surface area contributed by atoms with Crippen LogP contribution < -0.4 is 16.0 Å². The molecule has 0 saturated heterocycles. The molecule has 0 bridgehead atoms. The van der Waals surface area contributed by atoms with E-state index < -0.39 is 11.7 Å². The van der Waals surface area contributed by atoms with E-state index in [0.717, 1.165) is 12.0 Å². The van der Waals surface area contributed by atoms with Crippen molar-refractivity contribution in [2.45, 2.75) is 6.42 Å². The Morgan fingerprint density at radius 3 is 2.54 bits per heavy atom. The number of nitrogens with one attached hydrogen (secondary N) is 3. The van der Waals surface area contributed by atoms with Gasteiger partial charge in [-0.05, 0) is 30.2 Å². The van der Waals surface area contributed by atoms with Crippen molar-refractivity contribution >= 4 is 23.5 Å². The van der Waals surface area contributed by atoms with Gasteiger partial charge in [-0.2, -0.15) is 0 Å². The third-order valence-electron chi connectivity index (χ3n) is 3.54. The van der Waals surface area contributed by atoms with Crippen molar-refractivity contribution in [3.05, 3.63) is 64.7 Å². The first-order chi connectivity index (χ1) is 12.6. The molecular weight excluding hydrogens is 357 g/mol. The lowest BCUT2D eigenvalue weighted by Crippen LogP contribution is -2.42. The van der Waals surface area contributed by atoms with Crippen LogP contribution in [0.4, 0.5) is 4.39 Å². The zero-order valence-corrected chi connectivity index (χ0v) is 15.2. The summed E-state index contributed by atoms with van der Waals surface area (Å²) in [4.78, 5) is 20.0. The van der Waals surface area contributed by atoms with Gasteiger partial charge in [0.2, 0.25) is 0 Å². The highest BCUT2D eigenvalue weighted by Gasteiger charge is 2.09. The van der Waals surface area contributed by atoms with Crippen molar-refractivity contribution in [1.82, 2.24) is 20.9 Å². The molecule has 2 rings (SSSR count). The summed E-state index contributed by atoms with van der Waals surface area (Å²) in [5.41, 5.74) is 1.10. The maximum atomic E-state index is 13.5. The average Bonchev–Trinajstić information content (AvgIpc) is 2.65. The monoisotopic (exact) mass is 377 g/mol. The van der Waals surface area contributed by atoms with Gasteiger partial charge in [0, 0.05) is 32.9 Å². The lowest BCUT2D eigenvalue weighted by Gasteiger charge is -2.12. The Morgan fingerprint density at radius 1 is 1.12 bits per heavy atom. The summed E-state index contributed by atoms with van der Waals surface area (Å²) < 4.78 is 13.5. The smallest absolute Gasteiger partial charge is 0.254 e. The molecule has 1 aromatic carbocycles. The number of pyridine rings is 1. The van der Waals surface area contributed by atoms with Gasteiger partial charge in [0.25, 0.3) is 5.91 Å². The molecule has 138 valence electrons. The first-order valence-electron chi connectivity index (χ1n) is 8.18. The highest BCUT2D eigenvalue weighted by atomic mass is 35.5. The quantitative estimate of drug-likeness (QED) is 0.298. The molecule has 1 aromatic heterocycles. The highest BCUT2D eigenvalue weighted by molar-refractivity contribution is 6.29. The van der Waals surface area contributed by atoms with Crippen LogP contribution in [0.3, 0.4) is 0 Å². The van der Waals surface area contributed by atoms with Gasteiger partial charge in [0.1, 0.15) is 11.0 Å².